The topological polar surface area (TPSA) is 49.3 Å². The molecule has 2 unspecified atom stereocenters. The second-order valence-electron chi connectivity index (χ2n) is 7.59. The van der Waals surface area contributed by atoms with Gasteiger partial charge >= 0.3 is 0 Å². The second kappa shape index (κ2) is 6.87. The first kappa shape index (κ1) is 16.1. The van der Waals surface area contributed by atoms with Gasteiger partial charge in [0.2, 0.25) is 11.9 Å². The molecule has 3 heterocycles. The van der Waals surface area contributed by atoms with Gasteiger partial charge in [-0.3, -0.25) is 4.79 Å². The fourth-order valence-electron chi connectivity index (χ4n) is 4.62. The summed E-state index contributed by atoms with van der Waals surface area (Å²) in [6, 6.07) is 0. The molecule has 1 aliphatic carbocycles. The Morgan fingerprint density at radius 3 is 2.33 bits per heavy atom. The molecule has 2 aliphatic heterocycles. The van der Waals surface area contributed by atoms with Crippen molar-refractivity contribution in [3.63, 3.8) is 0 Å². The van der Waals surface area contributed by atoms with E-state index in [1.807, 2.05) is 0 Å². The molecule has 0 aromatic carbocycles. The van der Waals surface area contributed by atoms with Gasteiger partial charge in [-0.25, -0.2) is 9.97 Å². The summed E-state index contributed by atoms with van der Waals surface area (Å²) in [4.78, 5) is 25.5. The molecule has 5 nitrogen and oxygen atoms in total. The molecule has 2 saturated heterocycles. The molecule has 0 bridgehead atoms. The third-order valence-electron chi connectivity index (χ3n) is 6.05. The van der Waals surface area contributed by atoms with E-state index in [2.05, 4.69) is 19.8 Å². The van der Waals surface area contributed by atoms with Crippen LogP contribution in [0.3, 0.4) is 0 Å². The van der Waals surface area contributed by atoms with Crippen LogP contribution in [0.15, 0.2) is 12.4 Å². The number of hydrogen-bond acceptors (Lipinski definition) is 4. The third-order valence-corrected chi connectivity index (χ3v) is 6.24. The molecular formula is C18H25ClN4O. The van der Waals surface area contributed by atoms with Crippen LogP contribution in [0.5, 0.6) is 0 Å². The van der Waals surface area contributed by atoms with Crippen molar-refractivity contribution in [2.75, 3.05) is 31.1 Å². The third kappa shape index (κ3) is 3.37. The van der Waals surface area contributed by atoms with Crippen LogP contribution in [0.1, 0.15) is 38.5 Å². The molecule has 3 aliphatic rings. The zero-order valence-electron chi connectivity index (χ0n) is 14.0. The number of hydrogen-bond donors (Lipinski definition) is 0. The van der Waals surface area contributed by atoms with Gasteiger partial charge in [0.25, 0.3) is 0 Å². The number of fused-ring (bicyclic) bond motifs is 1. The number of likely N-dealkylation sites (tertiary alicyclic amines) is 1. The summed E-state index contributed by atoms with van der Waals surface area (Å²) in [6.45, 7) is 3.87. The van der Waals surface area contributed by atoms with Crippen LogP contribution in [-0.2, 0) is 4.79 Å². The largest absolute Gasteiger partial charge is 0.342 e. The summed E-state index contributed by atoms with van der Waals surface area (Å²) < 4.78 is 0. The van der Waals surface area contributed by atoms with Crippen molar-refractivity contribution in [1.29, 1.82) is 0 Å². The minimum absolute atomic E-state index is 0.380. The number of piperidine rings is 1. The lowest BCUT2D eigenvalue weighted by Crippen LogP contribution is -2.37. The van der Waals surface area contributed by atoms with Crippen LogP contribution < -0.4 is 4.90 Å². The van der Waals surface area contributed by atoms with Gasteiger partial charge in [0.05, 0.1) is 17.4 Å². The predicted octanol–water partition coefficient (Wildman–Crippen LogP) is 3.00. The number of carbonyl (C=O) groups excluding carboxylic acids is 1. The number of aromatic nitrogens is 2. The summed E-state index contributed by atoms with van der Waals surface area (Å²) in [6.07, 6.45) is 10.1. The Labute approximate surface area is 148 Å². The summed E-state index contributed by atoms with van der Waals surface area (Å²) in [5.74, 6) is 3.21. The molecule has 6 heteroatoms. The Balaban J connectivity index is 1.26. The van der Waals surface area contributed by atoms with Gasteiger partial charge in [0.1, 0.15) is 0 Å². The van der Waals surface area contributed by atoms with Gasteiger partial charge in [0, 0.05) is 32.6 Å². The van der Waals surface area contributed by atoms with Crippen LogP contribution in [-0.4, -0.2) is 47.0 Å². The van der Waals surface area contributed by atoms with Gasteiger partial charge < -0.3 is 9.80 Å². The van der Waals surface area contributed by atoms with Crippen molar-refractivity contribution in [2.45, 2.75) is 38.5 Å². The molecule has 1 aromatic heterocycles. The smallest absolute Gasteiger partial charge is 0.225 e. The highest BCUT2D eigenvalue weighted by Crippen LogP contribution is 2.38. The van der Waals surface area contributed by atoms with E-state index in [1.54, 1.807) is 12.4 Å². The van der Waals surface area contributed by atoms with Gasteiger partial charge in [-0.2, -0.15) is 0 Å². The highest BCUT2D eigenvalue weighted by atomic mass is 35.5. The van der Waals surface area contributed by atoms with Crippen molar-refractivity contribution in [3.05, 3.63) is 17.4 Å². The molecule has 3 fully saturated rings. The number of anilines is 1. The lowest BCUT2D eigenvalue weighted by Gasteiger charge is -2.32. The quantitative estimate of drug-likeness (QED) is 0.842. The molecule has 1 saturated carbocycles. The van der Waals surface area contributed by atoms with E-state index >= 15 is 0 Å². The van der Waals surface area contributed by atoms with Crippen molar-refractivity contribution in [2.24, 2.45) is 17.8 Å². The van der Waals surface area contributed by atoms with E-state index in [0.717, 1.165) is 63.2 Å². The molecule has 0 radical (unpaired) electrons. The average Bonchev–Trinajstić information content (AvgIpc) is 3.18. The zero-order chi connectivity index (χ0) is 16.5. The maximum absolute atomic E-state index is 12.6. The minimum Gasteiger partial charge on any atom is -0.342 e. The van der Waals surface area contributed by atoms with E-state index in [4.69, 9.17) is 11.6 Å². The van der Waals surface area contributed by atoms with Gasteiger partial charge in [-0.15, -0.1) is 0 Å². The van der Waals surface area contributed by atoms with Crippen molar-refractivity contribution in [3.8, 4) is 0 Å². The average molecular weight is 349 g/mol. The van der Waals surface area contributed by atoms with E-state index in [1.165, 1.54) is 19.3 Å². The maximum Gasteiger partial charge on any atom is 0.225 e. The SMILES string of the molecule is O=C(CC1CCN(c2ncc(Cl)cn2)CC1)N1CC2CCCC2C1. The molecule has 4 rings (SSSR count). The normalized spacial score (nSPS) is 27.5. The summed E-state index contributed by atoms with van der Waals surface area (Å²) >= 11 is 5.84. The fourth-order valence-corrected chi connectivity index (χ4v) is 4.72. The second-order valence-corrected chi connectivity index (χ2v) is 8.02. The van der Waals surface area contributed by atoms with Crippen molar-refractivity contribution < 1.29 is 4.79 Å². The molecule has 24 heavy (non-hydrogen) atoms. The first-order valence-electron chi connectivity index (χ1n) is 9.19. The molecule has 130 valence electrons. The number of amides is 1. The zero-order valence-corrected chi connectivity index (χ0v) is 14.8. The molecule has 0 N–H and O–H groups in total. The van der Waals surface area contributed by atoms with Crippen molar-refractivity contribution in [1.82, 2.24) is 14.9 Å². The van der Waals surface area contributed by atoms with Gasteiger partial charge in [0.15, 0.2) is 0 Å². The van der Waals surface area contributed by atoms with E-state index in [9.17, 15) is 4.79 Å². The van der Waals surface area contributed by atoms with Crippen LogP contribution in [0.4, 0.5) is 5.95 Å². The first-order valence-corrected chi connectivity index (χ1v) is 9.57. The molecule has 2 atom stereocenters. The fraction of sp³-hybridized carbons (Fsp3) is 0.722. The minimum atomic E-state index is 0.380. The molecular weight excluding hydrogens is 324 g/mol. The van der Waals surface area contributed by atoms with E-state index < -0.39 is 0 Å². The first-order chi connectivity index (χ1) is 11.7. The highest BCUT2D eigenvalue weighted by Gasteiger charge is 2.38. The monoisotopic (exact) mass is 348 g/mol. The van der Waals surface area contributed by atoms with Crippen molar-refractivity contribution >= 4 is 23.5 Å². The maximum atomic E-state index is 12.6. The Morgan fingerprint density at radius 1 is 1.08 bits per heavy atom. The van der Waals surface area contributed by atoms with Gasteiger partial charge in [-0.05, 0) is 43.4 Å². The molecule has 1 aromatic rings. The number of carbonyl (C=O) groups is 1. The van der Waals surface area contributed by atoms with Crippen LogP contribution in [0, 0.1) is 17.8 Å². The van der Waals surface area contributed by atoms with Crippen LogP contribution >= 0.6 is 11.6 Å². The Kier molecular flexibility index (Phi) is 4.61. The van der Waals surface area contributed by atoms with Gasteiger partial charge in [-0.1, -0.05) is 18.0 Å². The van der Waals surface area contributed by atoms with Crippen LogP contribution in [0.25, 0.3) is 0 Å². The molecule has 1 amide bonds. The summed E-state index contributed by atoms with van der Waals surface area (Å²) in [5, 5.41) is 0.564. The number of nitrogens with zero attached hydrogens (tertiary/aromatic N) is 4. The van der Waals surface area contributed by atoms with E-state index in [0.29, 0.717) is 16.8 Å². The standard InChI is InChI=1S/C18H25ClN4O/c19-16-9-20-18(21-10-16)22-6-4-13(5-7-22)8-17(24)23-11-14-2-1-3-15(14)12-23/h9-10,13-15H,1-8,11-12H2. The summed E-state index contributed by atoms with van der Waals surface area (Å²) in [5.41, 5.74) is 0. The summed E-state index contributed by atoms with van der Waals surface area (Å²) in [7, 11) is 0. The Hall–Kier alpha value is -1.36. The van der Waals surface area contributed by atoms with E-state index in [-0.39, 0.29) is 0 Å². The lowest BCUT2D eigenvalue weighted by atomic mass is 9.93. The van der Waals surface area contributed by atoms with Crippen LogP contribution in [0.2, 0.25) is 5.02 Å². The highest BCUT2D eigenvalue weighted by molar-refractivity contribution is 6.30. The Bertz CT molecular complexity index is 573. The lowest BCUT2D eigenvalue weighted by molar-refractivity contribution is -0.131. The predicted molar refractivity (Wildman–Crippen MR) is 94.0 cm³/mol. The Morgan fingerprint density at radius 2 is 1.71 bits per heavy atom. The molecule has 0 spiro atoms. The number of halogens is 1. The number of rotatable bonds is 3.